The Hall–Kier alpha value is -4.40. The number of para-hydroxylation sites is 2. The van der Waals surface area contributed by atoms with E-state index >= 15 is 0 Å². The van der Waals surface area contributed by atoms with Crippen LogP contribution in [0.4, 0.5) is 15.8 Å². The molecule has 9 heteroatoms. The van der Waals surface area contributed by atoms with Crippen molar-refractivity contribution in [3.05, 3.63) is 83.7 Å². The van der Waals surface area contributed by atoms with E-state index in [4.69, 9.17) is 14.2 Å². The monoisotopic (exact) mass is 452 g/mol. The summed E-state index contributed by atoms with van der Waals surface area (Å²) in [5, 5.41) is 5.28. The Labute approximate surface area is 189 Å². The molecule has 3 rings (SSSR count). The van der Waals surface area contributed by atoms with Crippen molar-refractivity contribution in [2.45, 2.75) is 0 Å². The Kier molecular flexibility index (Phi) is 7.59. The Morgan fingerprint density at radius 1 is 0.879 bits per heavy atom. The minimum Gasteiger partial charge on any atom is -0.497 e. The number of carbonyl (C=O) groups excluding carboxylic acids is 3. The Morgan fingerprint density at radius 2 is 1.61 bits per heavy atom. The molecule has 0 aliphatic carbocycles. The van der Waals surface area contributed by atoms with Gasteiger partial charge < -0.3 is 24.8 Å². The molecule has 33 heavy (non-hydrogen) atoms. The number of hydrogen-bond acceptors (Lipinski definition) is 6. The summed E-state index contributed by atoms with van der Waals surface area (Å²) in [6.45, 7) is -0.611. The van der Waals surface area contributed by atoms with Gasteiger partial charge in [0, 0.05) is 17.3 Å². The van der Waals surface area contributed by atoms with Crippen molar-refractivity contribution in [3.8, 4) is 11.5 Å². The zero-order chi connectivity index (χ0) is 23.8. The number of esters is 1. The van der Waals surface area contributed by atoms with Crippen LogP contribution < -0.4 is 20.1 Å². The second-order valence-corrected chi connectivity index (χ2v) is 6.70. The fourth-order valence-electron chi connectivity index (χ4n) is 2.84. The molecule has 0 saturated heterocycles. The molecule has 0 fully saturated rings. The fraction of sp³-hybridized carbons (Fsp3) is 0.125. The molecule has 0 atom stereocenters. The summed E-state index contributed by atoms with van der Waals surface area (Å²) >= 11 is 0. The Morgan fingerprint density at radius 3 is 2.27 bits per heavy atom. The van der Waals surface area contributed by atoms with E-state index < -0.39 is 24.3 Å². The van der Waals surface area contributed by atoms with Gasteiger partial charge in [-0.15, -0.1) is 0 Å². The van der Waals surface area contributed by atoms with E-state index in [1.807, 2.05) is 0 Å². The van der Waals surface area contributed by atoms with Crippen molar-refractivity contribution in [2.75, 3.05) is 31.5 Å². The van der Waals surface area contributed by atoms with Gasteiger partial charge in [0.25, 0.3) is 11.8 Å². The molecule has 170 valence electrons. The summed E-state index contributed by atoms with van der Waals surface area (Å²) in [5.41, 5.74) is 0.965. The highest BCUT2D eigenvalue weighted by Crippen LogP contribution is 2.24. The van der Waals surface area contributed by atoms with Crippen LogP contribution in [0.5, 0.6) is 11.5 Å². The summed E-state index contributed by atoms with van der Waals surface area (Å²) in [7, 11) is 2.88. The molecule has 3 aromatic rings. The van der Waals surface area contributed by atoms with E-state index in [0.29, 0.717) is 22.7 Å². The molecule has 0 unspecified atom stereocenters. The molecule has 0 aromatic heterocycles. The molecule has 0 saturated carbocycles. The molecule has 0 aliphatic heterocycles. The van der Waals surface area contributed by atoms with Crippen LogP contribution in [-0.2, 0) is 9.53 Å². The quantitative estimate of drug-likeness (QED) is 0.503. The molecular formula is C24H21FN2O6. The Bertz CT molecular complexity index is 1160. The molecule has 0 heterocycles. The lowest BCUT2D eigenvalue weighted by Crippen LogP contribution is -2.21. The molecule has 0 bridgehead atoms. The molecule has 2 amide bonds. The molecule has 0 spiro atoms. The first-order chi connectivity index (χ1) is 15.9. The summed E-state index contributed by atoms with van der Waals surface area (Å²) in [6.07, 6.45) is 0. The second kappa shape index (κ2) is 10.8. The smallest absolute Gasteiger partial charge is 0.341 e. The van der Waals surface area contributed by atoms with Gasteiger partial charge in [-0.05, 0) is 48.5 Å². The van der Waals surface area contributed by atoms with Gasteiger partial charge in [-0.1, -0.05) is 12.1 Å². The van der Waals surface area contributed by atoms with Crippen molar-refractivity contribution < 1.29 is 33.0 Å². The van der Waals surface area contributed by atoms with Crippen LogP contribution in [0.2, 0.25) is 0 Å². The number of anilines is 2. The largest absolute Gasteiger partial charge is 0.497 e. The summed E-state index contributed by atoms with van der Waals surface area (Å²) < 4.78 is 28.9. The Balaban J connectivity index is 1.53. The van der Waals surface area contributed by atoms with Crippen LogP contribution in [0.1, 0.15) is 20.7 Å². The van der Waals surface area contributed by atoms with Crippen LogP contribution in [-0.4, -0.2) is 38.6 Å². The SMILES string of the molecule is COc1ccc(C(=O)OCC(=O)Nc2ccc(C(=O)Nc3ccccc3OC)cc2)c(F)c1. The minimum absolute atomic E-state index is 0.252. The maximum atomic E-state index is 13.9. The molecule has 2 N–H and O–H groups in total. The van der Waals surface area contributed by atoms with Gasteiger partial charge in [-0.3, -0.25) is 9.59 Å². The van der Waals surface area contributed by atoms with Crippen molar-refractivity contribution in [3.63, 3.8) is 0 Å². The predicted molar refractivity (Wildman–Crippen MR) is 119 cm³/mol. The zero-order valence-electron chi connectivity index (χ0n) is 17.9. The van der Waals surface area contributed by atoms with Crippen LogP contribution in [0.3, 0.4) is 0 Å². The maximum Gasteiger partial charge on any atom is 0.341 e. The lowest BCUT2D eigenvalue weighted by Gasteiger charge is -2.10. The van der Waals surface area contributed by atoms with Crippen molar-refractivity contribution >= 4 is 29.2 Å². The summed E-state index contributed by atoms with van der Waals surface area (Å²) in [4.78, 5) is 36.5. The van der Waals surface area contributed by atoms with Gasteiger partial charge in [0.2, 0.25) is 0 Å². The normalized spacial score (nSPS) is 10.2. The first-order valence-corrected chi connectivity index (χ1v) is 9.76. The van der Waals surface area contributed by atoms with Crippen molar-refractivity contribution in [2.24, 2.45) is 0 Å². The third kappa shape index (κ3) is 6.07. The number of rotatable bonds is 8. The van der Waals surface area contributed by atoms with Crippen LogP contribution in [0, 0.1) is 5.82 Å². The number of methoxy groups -OCH3 is 2. The number of halogens is 1. The van der Waals surface area contributed by atoms with E-state index in [-0.39, 0.29) is 17.2 Å². The third-order valence-corrected chi connectivity index (χ3v) is 4.52. The summed E-state index contributed by atoms with van der Waals surface area (Å²) in [5.74, 6) is -1.99. The number of carbonyl (C=O) groups is 3. The fourth-order valence-corrected chi connectivity index (χ4v) is 2.84. The first kappa shape index (κ1) is 23.3. The molecule has 3 aromatic carbocycles. The van der Waals surface area contributed by atoms with Crippen LogP contribution in [0.15, 0.2) is 66.7 Å². The van der Waals surface area contributed by atoms with Gasteiger partial charge in [-0.25, -0.2) is 9.18 Å². The number of amides is 2. The molecule has 8 nitrogen and oxygen atoms in total. The number of ether oxygens (including phenoxy) is 3. The maximum absolute atomic E-state index is 13.9. The van der Waals surface area contributed by atoms with Crippen LogP contribution in [0.25, 0.3) is 0 Å². The topological polar surface area (TPSA) is 103 Å². The zero-order valence-corrected chi connectivity index (χ0v) is 17.9. The predicted octanol–water partition coefficient (Wildman–Crippen LogP) is 3.89. The highest BCUT2D eigenvalue weighted by atomic mass is 19.1. The minimum atomic E-state index is -0.978. The van der Waals surface area contributed by atoms with Gasteiger partial charge in [-0.2, -0.15) is 0 Å². The molecule has 0 aliphatic rings. The third-order valence-electron chi connectivity index (χ3n) is 4.52. The average Bonchev–Trinajstić information content (AvgIpc) is 2.83. The first-order valence-electron chi connectivity index (χ1n) is 9.76. The van der Waals surface area contributed by atoms with Gasteiger partial charge >= 0.3 is 5.97 Å². The highest BCUT2D eigenvalue weighted by Gasteiger charge is 2.16. The van der Waals surface area contributed by atoms with E-state index in [1.54, 1.807) is 24.3 Å². The standard InChI is InChI=1S/C24H21FN2O6/c1-31-17-11-12-18(19(25)13-17)24(30)33-14-22(28)26-16-9-7-15(8-10-16)23(29)27-20-5-3-4-6-21(20)32-2/h3-13H,14H2,1-2H3,(H,26,28)(H,27,29). The van der Waals surface area contributed by atoms with E-state index in [9.17, 15) is 18.8 Å². The lowest BCUT2D eigenvalue weighted by molar-refractivity contribution is -0.119. The lowest BCUT2D eigenvalue weighted by atomic mass is 10.2. The van der Waals surface area contributed by atoms with Gasteiger partial charge in [0.05, 0.1) is 25.5 Å². The number of nitrogens with one attached hydrogen (secondary N) is 2. The number of hydrogen-bond donors (Lipinski definition) is 2. The van der Waals surface area contributed by atoms with Gasteiger partial charge in [0.1, 0.15) is 17.3 Å². The molecule has 0 radical (unpaired) electrons. The van der Waals surface area contributed by atoms with E-state index in [2.05, 4.69) is 10.6 Å². The van der Waals surface area contributed by atoms with Crippen molar-refractivity contribution in [1.82, 2.24) is 0 Å². The average molecular weight is 452 g/mol. The van der Waals surface area contributed by atoms with E-state index in [0.717, 1.165) is 6.07 Å². The van der Waals surface area contributed by atoms with E-state index in [1.165, 1.54) is 50.6 Å². The molecular weight excluding hydrogens is 431 g/mol. The highest BCUT2D eigenvalue weighted by molar-refractivity contribution is 6.05. The summed E-state index contributed by atoms with van der Waals surface area (Å²) in [6, 6.07) is 16.8. The van der Waals surface area contributed by atoms with Crippen molar-refractivity contribution in [1.29, 1.82) is 0 Å². The van der Waals surface area contributed by atoms with Crippen LogP contribution >= 0.6 is 0 Å². The second-order valence-electron chi connectivity index (χ2n) is 6.70. The number of benzene rings is 3. The van der Waals surface area contributed by atoms with Gasteiger partial charge in [0.15, 0.2) is 6.61 Å².